The third-order valence-electron chi connectivity index (χ3n) is 2.89. The molecule has 1 aromatic carbocycles. The number of aliphatic hydroxyl groups excluding tert-OH is 1. The van der Waals surface area contributed by atoms with E-state index in [1.807, 2.05) is 13.8 Å². The highest BCUT2D eigenvalue weighted by molar-refractivity contribution is 5.92. The molecule has 0 bridgehead atoms. The van der Waals surface area contributed by atoms with Crippen LogP contribution in [0.2, 0.25) is 0 Å². The van der Waals surface area contributed by atoms with Gasteiger partial charge < -0.3 is 16.2 Å². The molecule has 1 atom stereocenters. The van der Waals surface area contributed by atoms with Crippen LogP contribution in [0.3, 0.4) is 0 Å². The first-order chi connectivity index (χ1) is 8.45. The Balaban J connectivity index is 2.71. The highest BCUT2D eigenvalue weighted by Crippen LogP contribution is 2.11. The fourth-order valence-corrected chi connectivity index (χ4v) is 1.60. The number of carbonyl (C=O) groups is 1. The molecule has 0 spiro atoms. The van der Waals surface area contributed by atoms with Crippen LogP contribution in [0.1, 0.15) is 29.8 Å². The molecular weight excluding hydrogens is 235 g/mol. The SMILES string of the molecule is CC(C)C(CO)NCc1ccc(C(N)=O)cc1F. The molecule has 0 aliphatic heterocycles. The Morgan fingerprint density at radius 2 is 2.17 bits per heavy atom. The maximum absolute atomic E-state index is 13.7. The molecule has 0 saturated heterocycles. The number of rotatable bonds is 6. The van der Waals surface area contributed by atoms with Crippen LogP contribution in [0.15, 0.2) is 18.2 Å². The number of primary amides is 1. The summed E-state index contributed by atoms with van der Waals surface area (Å²) in [7, 11) is 0. The molecular formula is C13H19FN2O2. The monoisotopic (exact) mass is 254 g/mol. The van der Waals surface area contributed by atoms with Gasteiger partial charge in [0.15, 0.2) is 0 Å². The maximum Gasteiger partial charge on any atom is 0.248 e. The molecule has 4 N–H and O–H groups in total. The van der Waals surface area contributed by atoms with Crippen LogP contribution in [-0.2, 0) is 6.54 Å². The number of nitrogens with two attached hydrogens (primary N) is 1. The van der Waals surface area contributed by atoms with Crippen molar-refractivity contribution in [1.82, 2.24) is 5.32 Å². The zero-order valence-corrected chi connectivity index (χ0v) is 10.6. The number of carbonyl (C=O) groups excluding carboxylic acids is 1. The smallest absolute Gasteiger partial charge is 0.248 e. The van der Waals surface area contributed by atoms with Gasteiger partial charge in [0, 0.05) is 23.7 Å². The summed E-state index contributed by atoms with van der Waals surface area (Å²) < 4.78 is 13.7. The molecule has 0 saturated carbocycles. The van der Waals surface area contributed by atoms with Gasteiger partial charge in [-0.2, -0.15) is 0 Å². The second-order valence-electron chi connectivity index (χ2n) is 4.58. The zero-order valence-electron chi connectivity index (χ0n) is 10.6. The Labute approximate surface area is 106 Å². The van der Waals surface area contributed by atoms with Crippen molar-refractivity contribution in [1.29, 1.82) is 0 Å². The van der Waals surface area contributed by atoms with Crippen LogP contribution in [0.4, 0.5) is 4.39 Å². The highest BCUT2D eigenvalue weighted by atomic mass is 19.1. The van der Waals surface area contributed by atoms with Crippen molar-refractivity contribution in [2.24, 2.45) is 11.7 Å². The van der Waals surface area contributed by atoms with Crippen molar-refractivity contribution >= 4 is 5.91 Å². The van der Waals surface area contributed by atoms with Crippen LogP contribution in [-0.4, -0.2) is 23.7 Å². The fourth-order valence-electron chi connectivity index (χ4n) is 1.60. The number of benzene rings is 1. The van der Waals surface area contributed by atoms with Crippen molar-refractivity contribution in [2.75, 3.05) is 6.61 Å². The van der Waals surface area contributed by atoms with Gasteiger partial charge in [-0.3, -0.25) is 4.79 Å². The molecule has 0 aliphatic carbocycles. The van der Waals surface area contributed by atoms with E-state index in [4.69, 9.17) is 10.8 Å². The molecule has 5 heteroatoms. The average molecular weight is 254 g/mol. The minimum absolute atomic E-state index is 0.00133. The lowest BCUT2D eigenvalue weighted by molar-refractivity contribution is 0.1000. The Hall–Kier alpha value is -1.46. The molecule has 18 heavy (non-hydrogen) atoms. The number of nitrogens with one attached hydrogen (secondary N) is 1. The summed E-state index contributed by atoms with van der Waals surface area (Å²) in [6.45, 7) is 4.24. The van der Waals surface area contributed by atoms with Crippen molar-refractivity contribution in [3.05, 3.63) is 35.1 Å². The summed E-state index contributed by atoms with van der Waals surface area (Å²) >= 11 is 0. The van der Waals surface area contributed by atoms with Gasteiger partial charge in [0.25, 0.3) is 0 Å². The molecule has 0 aliphatic rings. The highest BCUT2D eigenvalue weighted by Gasteiger charge is 2.13. The van der Waals surface area contributed by atoms with E-state index >= 15 is 0 Å². The summed E-state index contributed by atoms with van der Waals surface area (Å²) in [5.74, 6) is -0.869. The van der Waals surface area contributed by atoms with E-state index < -0.39 is 11.7 Å². The lowest BCUT2D eigenvalue weighted by Gasteiger charge is -2.20. The molecule has 1 rings (SSSR count). The van der Waals surface area contributed by atoms with E-state index in [1.165, 1.54) is 12.1 Å². The van der Waals surface area contributed by atoms with Gasteiger partial charge in [-0.25, -0.2) is 4.39 Å². The second kappa shape index (κ2) is 6.47. The summed E-state index contributed by atoms with van der Waals surface area (Å²) in [4.78, 5) is 10.9. The predicted molar refractivity (Wildman–Crippen MR) is 67.5 cm³/mol. The number of hydrogen-bond donors (Lipinski definition) is 3. The van der Waals surface area contributed by atoms with E-state index in [9.17, 15) is 9.18 Å². The fraction of sp³-hybridized carbons (Fsp3) is 0.462. The Bertz CT molecular complexity index is 421. The number of halogens is 1. The molecule has 0 heterocycles. The van der Waals surface area contributed by atoms with Gasteiger partial charge in [0.1, 0.15) is 5.82 Å². The summed E-state index contributed by atoms with van der Waals surface area (Å²) in [6.07, 6.45) is 0. The first kappa shape index (κ1) is 14.6. The van der Waals surface area contributed by atoms with Crippen LogP contribution in [0.25, 0.3) is 0 Å². The normalized spacial score (nSPS) is 12.7. The molecule has 0 radical (unpaired) electrons. The molecule has 1 aromatic rings. The first-order valence-electron chi connectivity index (χ1n) is 5.88. The van der Waals surface area contributed by atoms with Crippen molar-refractivity contribution in [2.45, 2.75) is 26.4 Å². The van der Waals surface area contributed by atoms with Crippen molar-refractivity contribution in [3.8, 4) is 0 Å². The van der Waals surface area contributed by atoms with Gasteiger partial charge in [-0.1, -0.05) is 19.9 Å². The topological polar surface area (TPSA) is 75.3 Å². The number of hydrogen-bond acceptors (Lipinski definition) is 3. The van der Waals surface area contributed by atoms with E-state index in [1.54, 1.807) is 0 Å². The van der Waals surface area contributed by atoms with Gasteiger partial charge in [0.05, 0.1) is 6.61 Å². The standard InChI is InChI=1S/C13H19FN2O2/c1-8(2)12(7-17)16-6-10-4-3-9(13(15)18)5-11(10)14/h3-5,8,12,16-17H,6-7H2,1-2H3,(H2,15,18). The molecule has 4 nitrogen and oxygen atoms in total. The van der Waals surface area contributed by atoms with E-state index in [-0.39, 0.29) is 24.1 Å². The molecule has 1 amide bonds. The maximum atomic E-state index is 13.7. The summed E-state index contributed by atoms with van der Waals surface area (Å²) in [6, 6.07) is 4.06. The minimum atomic E-state index is -0.649. The summed E-state index contributed by atoms with van der Waals surface area (Å²) in [5, 5.41) is 12.2. The quantitative estimate of drug-likeness (QED) is 0.709. The molecule has 0 aromatic heterocycles. The van der Waals surface area contributed by atoms with Crippen molar-refractivity contribution in [3.63, 3.8) is 0 Å². The number of amides is 1. The van der Waals surface area contributed by atoms with Crippen LogP contribution >= 0.6 is 0 Å². The van der Waals surface area contributed by atoms with Crippen molar-refractivity contribution < 1.29 is 14.3 Å². The second-order valence-corrected chi connectivity index (χ2v) is 4.58. The van der Waals surface area contributed by atoms with Gasteiger partial charge in [0.2, 0.25) is 5.91 Å². The predicted octanol–water partition coefficient (Wildman–Crippen LogP) is 1.03. The Kier molecular flexibility index (Phi) is 5.25. The third-order valence-corrected chi connectivity index (χ3v) is 2.89. The minimum Gasteiger partial charge on any atom is -0.395 e. The van der Waals surface area contributed by atoms with E-state index in [0.29, 0.717) is 12.1 Å². The van der Waals surface area contributed by atoms with Gasteiger partial charge in [-0.15, -0.1) is 0 Å². The molecule has 100 valence electrons. The van der Waals surface area contributed by atoms with Crippen LogP contribution in [0.5, 0.6) is 0 Å². The van der Waals surface area contributed by atoms with Gasteiger partial charge in [-0.05, 0) is 18.1 Å². The summed E-state index contributed by atoms with van der Waals surface area (Å²) in [5.41, 5.74) is 5.66. The first-order valence-corrected chi connectivity index (χ1v) is 5.88. The average Bonchev–Trinajstić information content (AvgIpc) is 2.30. The van der Waals surface area contributed by atoms with Gasteiger partial charge >= 0.3 is 0 Å². The lowest BCUT2D eigenvalue weighted by atomic mass is 10.0. The molecule has 0 fully saturated rings. The zero-order chi connectivity index (χ0) is 13.7. The van der Waals surface area contributed by atoms with Crippen LogP contribution < -0.4 is 11.1 Å². The Morgan fingerprint density at radius 3 is 2.61 bits per heavy atom. The lowest BCUT2D eigenvalue weighted by Crippen LogP contribution is -2.36. The Morgan fingerprint density at radius 1 is 1.50 bits per heavy atom. The molecule has 1 unspecified atom stereocenters. The third kappa shape index (κ3) is 3.78. The van der Waals surface area contributed by atoms with E-state index in [0.717, 1.165) is 6.07 Å². The van der Waals surface area contributed by atoms with Crippen LogP contribution in [0, 0.1) is 11.7 Å². The largest absolute Gasteiger partial charge is 0.395 e. The van der Waals surface area contributed by atoms with E-state index in [2.05, 4.69) is 5.32 Å². The number of aliphatic hydroxyl groups is 1.